The van der Waals surface area contributed by atoms with E-state index >= 15 is 0 Å². The zero-order valence-electron chi connectivity index (χ0n) is 9.34. The van der Waals surface area contributed by atoms with E-state index in [2.05, 4.69) is 20.7 Å². The molecular formula is C11H9BrF3NO2. The first-order valence-electron chi connectivity index (χ1n) is 4.80. The topological polar surface area (TPSA) is 42.2 Å². The van der Waals surface area contributed by atoms with Crippen LogP contribution in [0.3, 0.4) is 0 Å². The van der Waals surface area contributed by atoms with Crippen molar-refractivity contribution < 1.29 is 22.6 Å². The summed E-state index contributed by atoms with van der Waals surface area (Å²) in [6.07, 6.45) is -4.29. The minimum absolute atomic E-state index is 0.0246. The standard InChI is InChI=1S/C11H9BrF3NO2/c1-17-9-4-7(2-3-16)8(12)5-10(9)18-6-11(13,14)15/h4-5H,2,6H2,1H3. The number of methoxy groups -OCH3 is 1. The highest BCUT2D eigenvalue weighted by atomic mass is 79.9. The van der Waals surface area contributed by atoms with Crippen LogP contribution < -0.4 is 9.47 Å². The lowest BCUT2D eigenvalue weighted by atomic mass is 10.1. The first-order valence-corrected chi connectivity index (χ1v) is 5.59. The van der Waals surface area contributed by atoms with Crippen molar-refractivity contribution in [1.29, 1.82) is 5.26 Å². The fraction of sp³-hybridized carbons (Fsp3) is 0.364. The normalized spacial score (nSPS) is 10.9. The Balaban J connectivity index is 2.98. The van der Waals surface area contributed by atoms with Gasteiger partial charge in [-0.15, -0.1) is 0 Å². The number of halogens is 4. The predicted molar refractivity (Wildman–Crippen MR) is 61.6 cm³/mol. The number of rotatable bonds is 4. The van der Waals surface area contributed by atoms with Crippen molar-refractivity contribution in [3.63, 3.8) is 0 Å². The molecule has 0 amide bonds. The molecule has 0 fully saturated rings. The van der Waals surface area contributed by atoms with Crippen molar-refractivity contribution in [3.8, 4) is 17.6 Å². The molecule has 0 saturated carbocycles. The largest absolute Gasteiger partial charge is 0.493 e. The fourth-order valence-corrected chi connectivity index (χ4v) is 1.69. The van der Waals surface area contributed by atoms with Gasteiger partial charge in [0.05, 0.1) is 19.6 Å². The van der Waals surface area contributed by atoms with E-state index in [1.807, 2.05) is 6.07 Å². The molecule has 0 unspecified atom stereocenters. The third-order valence-electron chi connectivity index (χ3n) is 1.99. The molecule has 1 rings (SSSR count). The molecule has 7 heteroatoms. The minimum atomic E-state index is -4.41. The van der Waals surface area contributed by atoms with Crippen LogP contribution in [0.5, 0.6) is 11.5 Å². The summed E-state index contributed by atoms with van der Waals surface area (Å²) < 4.78 is 46.2. The second-order valence-corrected chi connectivity index (χ2v) is 4.19. The van der Waals surface area contributed by atoms with Gasteiger partial charge in [-0.2, -0.15) is 18.4 Å². The van der Waals surface area contributed by atoms with Crippen molar-refractivity contribution in [2.24, 2.45) is 0 Å². The number of nitrogens with zero attached hydrogens (tertiary/aromatic N) is 1. The second kappa shape index (κ2) is 5.96. The van der Waals surface area contributed by atoms with Gasteiger partial charge >= 0.3 is 6.18 Å². The molecule has 0 heterocycles. The minimum Gasteiger partial charge on any atom is -0.493 e. The molecular weight excluding hydrogens is 315 g/mol. The number of nitriles is 1. The molecule has 1 aromatic carbocycles. The van der Waals surface area contributed by atoms with E-state index in [0.717, 1.165) is 0 Å². The summed E-state index contributed by atoms with van der Waals surface area (Å²) in [7, 11) is 1.32. The number of benzene rings is 1. The number of alkyl halides is 3. The van der Waals surface area contributed by atoms with Gasteiger partial charge in [0.25, 0.3) is 0 Å². The van der Waals surface area contributed by atoms with Gasteiger partial charge in [-0.05, 0) is 17.7 Å². The van der Waals surface area contributed by atoms with Crippen molar-refractivity contribution >= 4 is 15.9 Å². The van der Waals surface area contributed by atoms with Crippen LogP contribution >= 0.6 is 15.9 Å². The number of hydrogen-bond donors (Lipinski definition) is 0. The summed E-state index contributed by atoms with van der Waals surface area (Å²) in [5.74, 6) is 0.135. The molecule has 0 radical (unpaired) electrons. The summed E-state index contributed by atoms with van der Waals surface area (Å²) in [6.45, 7) is -1.40. The monoisotopic (exact) mass is 323 g/mol. The molecule has 0 aliphatic carbocycles. The van der Waals surface area contributed by atoms with Crippen LogP contribution in [0.25, 0.3) is 0 Å². The predicted octanol–water partition coefficient (Wildman–Crippen LogP) is 3.46. The van der Waals surface area contributed by atoms with Crippen LogP contribution in [0.2, 0.25) is 0 Å². The summed E-state index contributed by atoms with van der Waals surface area (Å²) in [5.41, 5.74) is 0.619. The van der Waals surface area contributed by atoms with Crippen molar-refractivity contribution in [2.45, 2.75) is 12.6 Å². The van der Waals surface area contributed by atoms with Gasteiger partial charge in [0, 0.05) is 4.47 Å². The Labute approximate surface area is 110 Å². The molecule has 0 N–H and O–H groups in total. The highest BCUT2D eigenvalue weighted by molar-refractivity contribution is 9.10. The molecule has 0 aromatic heterocycles. The summed E-state index contributed by atoms with van der Waals surface area (Å²) in [6, 6.07) is 4.78. The van der Waals surface area contributed by atoms with Gasteiger partial charge in [0.2, 0.25) is 0 Å². The molecule has 0 bridgehead atoms. The van der Waals surface area contributed by atoms with Crippen LogP contribution in [-0.4, -0.2) is 19.9 Å². The van der Waals surface area contributed by atoms with Crippen LogP contribution in [-0.2, 0) is 6.42 Å². The average molecular weight is 324 g/mol. The zero-order chi connectivity index (χ0) is 13.8. The van der Waals surface area contributed by atoms with E-state index in [-0.39, 0.29) is 17.9 Å². The Kier molecular flexibility index (Phi) is 4.84. The number of hydrogen-bond acceptors (Lipinski definition) is 3. The summed E-state index contributed by atoms with van der Waals surface area (Å²) in [5, 5.41) is 8.60. The molecule has 1 aromatic rings. The highest BCUT2D eigenvalue weighted by Gasteiger charge is 2.29. The molecule has 0 atom stereocenters. The van der Waals surface area contributed by atoms with Gasteiger partial charge in [0.1, 0.15) is 0 Å². The lowest BCUT2D eigenvalue weighted by molar-refractivity contribution is -0.153. The Morgan fingerprint density at radius 3 is 2.50 bits per heavy atom. The first-order chi connectivity index (χ1) is 8.37. The third kappa shape index (κ3) is 4.11. The van der Waals surface area contributed by atoms with E-state index in [9.17, 15) is 13.2 Å². The molecule has 3 nitrogen and oxygen atoms in total. The average Bonchev–Trinajstić information content (AvgIpc) is 2.28. The van der Waals surface area contributed by atoms with Crippen LogP contribution in [0, 0.1) is 11.3 Å². The Hall–Kier alpha value is -1.42. The molecule has 0 saturated heterocycles. The molecule has 0 aliphatic rings. The van der Waals surface area contributed by atoms with E-state index in [0.29, 0.717) is 10.0 Å². The third-order valence-corrected chi connectivity index (χ3v) is 2.73. The van der Waals surface area contributed by atoms with Gasteiger partial charge in [-0.1, -0.05) is 15.9 Å². The quantitative estimate of drug-likeness (QED) is 0.852. The fourth-order valence-electron chi connectivity index (χ4n) is 1.23. The van der Waals surface area contributed by atoms with Crippen molar-refractivity contribution in [3.05, 3.63) is 22.2 Å². The lowest BCUT2D eigenvalue weighted by Crippen LogP contribution is -2.19. The Morgan fingerprint density at radius 1 is 1.33 bits per heavy atom. The van der Waals surface area contributed by atoms with Gasteiger partial charge < -0.3 is 9.47 Å². The van der Waals surface area contributed by atoms with E-state index in [4.69, 9.17) is 10.00 Å². The van der Waals surface area contributed by atoms with Gasteiger partial charge in [-0.25, -0.2) is 0 Å². The zero-order valence-corrected chi connectivity index (χ0v) is 10.9. The lowest BCUT2D eigenvalue weighted by Gasteiger charge is -2.14. The maximum Gasteiger partial charge on any atom is 0.422 e. The summed E-state index contributed by atoms with van der Waals surface area (Å²) >= 11 is 3.16. The van der Waals surface area contributed by atoms with Crippen molar-refractivity contribution in [2.75, 3.05) is 13.7 Å². The van der Waals surface area contributed by atoms with Gasteiger partial charge in [0.15, 0.2) is 18.1 Å². The molecule has 98 valence electrons. The molecule has 0 spiro atoms. The second-order valence-electron chi connectivity index (χ2n) is 3.33. The van der Waals surface area contributed by atoms with Crippen LogP contribution in [0.1, 0.15) is 5.56 Å². The first kappa shape index (κ1) is 14.6. The Bertz CT molecular complexity index is 469. The van der Waals surface area contributed by atoms with Crippen molar-refractivity contribution in [1.82, 2.24) is 0 Å². The van der Waals surface area contributed by atoms with E-state index < -0.39 is 12.8 Å². The van der Waals surface area contributed by atoms with E-state index in [1.165, 1.54) is 19.2 Å². The summed E-state index contributed by atoms with van der Waals surface area (Å²) in [4.78, 5) is 0. The maximum absolute atomic E-state index is 12.1. The number of ether oxygens (including phenoxy) is 2. The van der Waals surface area contributed by atoms with Crippen LogP contribution in [0.4, 0.5) is 13.2 Å². The smallest absolute Gasteiger partial charge is 0.422 e. The SMILES string of the molecule is COc1cc(CC#N)c(Br)cc1OCC(F)(F)F. The highest BCUT2D eigenvalue weighted by Crippen LogP contribution is 2.34. The van der Waals surface area contributed by atoms with Crippen LogP contribution in [0.15, 0.2) is 16.6 Å². The molecule has 0 aliphatic heterocycles. The Morgan fingerprint density at radius 2 is 2.00 bits per heavy atom. The van der Waals surface area contributed by atoms with Gasteiger partial charge in [-0.3, -0.25) is 0 Å². The maximum atomic E-state index is 12.1. The molecule has 18 heavy (non-hydrogen) atoms. The van der Waals surface area contributed by atoms with E-state index in [1.54, 1.807) is 0 Å².